The van der Waals surface area contributed by atoms with Crippen molar-refractivity contribution in [1.29, 1.82) is 5.26 Å². The zero-order valence-electron chi connectivity index (χ0n) is 8.77. The highest BCUT2D eigenvalue weighted by Gasteiger charge is 2.21. The Kier molecular flexibility index (Phi) is 4.30. The molecule has 1 atom stereocenters. The second-order valence-corrected chi connectivity index (χ2v) is 3.47. The lowest BCUT2D eigenvalue weighted by molar-refractivity contribution is 0.115. The Morgan fingerprint density at radius 2 is 2.29 bits per heavy atom. The molecule has 2 rings (SSSR count). The molecule has 1 aromatic rings. The summed E-state index contributed by atoms with van der Waals surface area (Å²) >= 11 is 0. The van der Waals surface area contributed by atoms with Crippen molar-refractivity contribution < 1.29 is 13.9 Å². The molecule has 1 aromatic carbocycles. The summed E-state index contributed by atoms with van der Waals surface area (Å²) in [6.45, 7) is 0.329. The maximum absolute atomic E-state index is 13.1. The molecule has 1 N–H and O–H groups in total. The number of nitrogens with zero attached hydrogens (tertiary/aromatic N) is 1. The lowest BCUT2D eigenvalue weighted by Crippen LogP contribution is -2.35. The normalized spacial score (nSPS) is 18.4. The molecule has 0 unspecified atom stereocenters. The van der Waals surface area contributed by atoms with Crippen LogP contribution in [0.2, 0.25) is 0 Å². The first-order valence-corrected chi connectivity index (χ1v) is 4.83. The number of nitriles is 1. The number of hydrogen-bond donors (Lipinski definition) is 1. The monoisotopic (exact) mass is 256 g/mol. The van der Waals surface area contributed by atoms with Crippen LogP contribution in [0.3, 0.4) is 0 Å². The molecule has 0 bridgehead atoms. The van der Waals surface area contributed by atoms with E-state index in [1.54, 1.807) is 12.1 Å². The summed E-state index contributed by atoms with van der Waals surface area (Å²) in [6, 6.07) is 5.80. The van der Waals surface area contributed by atoms with Crippen molar-refractivity contribution >= 4 is 18.5 Å². The quantitative estimate of drug-likeness (QED) is 0.839. The van der Waals surface area contributed by atoms with E-state index in [9.17, 15) is 9.18 Å². The summed E-state index contributed by atoms with van der Waals surface area (Å²) in [5.41, 5.74) is 0.702. The van der Waals surface area contributed by atoms with Crippen molar-refractivity contribution in [2.75, 3.05) is 6.61 Å². The Labute approximate surface area is 104 Å². The smallest absolute Gasteiger partial charge is 0.407 e. The molecule has 17 heavy (non-hydrogen) atoms. The van der Waals surface area contributed by atoms with Crippen molar-refractivity contribution in [2.45, 2.75) is 12.5 Å². The molecule has 0 radical (unpaired) electrons. The number of ether oxygens (including phenoxy) is 1. The molecule has 90 valence electrons. The molecule has 1 saturated heterocycles. The third kappa shape index (κ3) is 2.86. The van der Waals surface area contributed by atoms with Crippen LogP contribution in [0.25, 0.3) is 0 Å². The van der Waals surface area contributed by atoms with Crippen LogP contribution in [0.4, 0.5) is 9.18 Å². The molecule has 1 fully saturated rings. The largest absolute Gasteiger partial charge is 0.449 e. The van der Waals surface area contributed by atoms with Gasteiger partial charge in [-0.15, -0.1) is 12.4 Å². The maximum Gasteiger partial charge on any atom is 0.407 e. The molecule has 1 heterocycles. The lowest BCUT2D eigenvalue weighted by atomic mass is 10.0. The minimum absolute atomic E-state index is 0. The summed E-state index contributed by atoms with van der Waals surface area (Å²) in [7, 11) is 0. The van der Waals surface area contributed by atoms with E-state index in [-0.39, 0.29) is 24.0 Å². The van der Waals surface area contributed by atoms with Crippen LogP contribution < -0.4 is 5.32 Å². The Bertz CT molecular complexity index is 473. The van der Waals surface area contributed by atoms with Gasteiger partial charge in [0.1, 0.15) is 11.9 Å². The highest BCUT2D eigenvalue weighted by atomic mass is 35.5. The summed E-state index contributed by atoms with van der Waals surface area (Å²) in [6.07, 6.45) is 0.126. The fourth-order valence-corrected chi connectivity index (χ4v) is 1.62. The van der Waals surface area contributed by atoms with Crippen LogP contribution in [-0.4, -0.2) is 12.7 Å². The van der Waals surface area contributed by atoms with E-state index in [0.29, 0.717) is 13.0 Å². The Balaban J connectivity index is 0.00000144. The molecular weight excluding hydrogens is 247 g/mol. The van der Waals surface area contributed by atoms with Gasteiger partial charge in [-0.3, -0.25) is 0 Å². The van der Waals surface area contributed by atoms with E-state index < -0.39 is 11.9 Å². The Hall–Kier alpha value is -1.80. The Morgan fingerprint density at radius 3 is 2.94 bits per heavy atom. The van der Waals surface area contributed by atoms with E-state index in [0.717, 1.165) is 5.56 Å². The lowest BCUT2D eigenvalue weighted by Gasteiger charge is -2.23. The van der Waals surface area contributed by atoms with Gasteiger partial charge in [-0.1, -0.05) is 6.07 Å². The van der Waals surface area contributed by atoms with Gasteiger partial charge in [0.05, 0.1) is 18.2 Å². The molecule has 0 spiro atoms. The fourth-order valence-electron chi connectivity index (χ4n) is 1.62. The zero-order chi connectivity index (χ0) is 11.5. The molecular formula is C11H10ClFN2O2. The van der Waals surface area contributed by atoms with Crippen molar-refractivity contribution in [2.24, 2.45) is 0 Å². The Morgan fingerprint density at radius 1 is 1.53 bits per heavy atom. The van der Waals surface area contributed by atoms with Gasteiger partial charge in [0.15, 0.2) is 0 Å². The molecule has 1 amide bonds. The maximum atomic E-state index is 13.1. The molecule has 4 nitrogen and oxygen atoms in total. The van der Waals surface area contributed by atoms with Gasteiger partial charge in [-0.2, -0.15) is 5.26 Å². The van der Waals surface area contributed by atoms with E-state index in [1.807, 2.05) is 0 Å². The zero-order valence-corrected chi connectivity index (χ0v) is 9.59. The summed E-state index contributed by atoms with van der Waals surface area (Å²) in [5.74, 6) is -0.551. The van der Waals surface area contributed by atoms with Crippen LogP contribution in [0.1, 0.15) is 23.6 Å². The molecule has 0 aromatic heterocycles. The number of cyclic esters (lactones) is 1. The van der Waals surface area contributed by atoms with E-state index in [1.165, 1.54) is 12.1 Å². The first kappa shape index (κ1) is 13.3. The third-order valence-electron chi connectivity index (χ3n) is 2.45. The average Bonchev–Trinajstić information content (AvgIpc) is 2.29. The van der Waals surface area contributed by atoms with Crippen molar-refractivity contribution in [3.8, 4) is 6.07 Å². The van der Waals surface area contributed by atoms with Crippen molar-refractivity contribution in [1.82, 2.24) is 5.32 Å². The van der Waals surface area contributed by atoms with Gasteiger partial charge < -0.3 is 10.1 Å². The minimum atomic E-state index is -0.551. The minimum Gasteiger partial charge on any atom is -0.449 e. The SMILES string of the molecule is Cl.N#Cc1cc([C@@H]2CCOC(=O)N2)ccc1F. The highest BCUT2D eigenvalue weighted by molar-refractivity contribution is 5.85. The number of halogens is 2. The summed E-state index contributed by atoms with van der Waals surface area (Å²) in [4.78, 5) is 11.0. The molecule has 1 aliphatic heterocycles. The number of hydrogen-bond acceptors (Lipinski definition) is 3. The van der Waals surface area contributed by atoms with Gasteiger partial charge in [0, 0.05) is 6.42 Å². The predicted octanol–water partition coefficient (Wildman–Crippen LogP) is 2.29. The standard InChI is InChI=1S/C11H9FN2O2.ClH/c12-9-2-1-7(5-8(9)6-13)10-3-4-16-11(15)14-10;/h1-2,5,10H,3-4H2,(H,14,15);1H/t10-;/m0./s1. The number of rotatable bonds is 1. The average molecular weight is 257 g/mol. The second-order valence-electron chi connectivity index (χ2n) is 3.47. The van der Waals surface area contributed by atoms with Crippen LogP contribution in [0.5, 0.6) is 0 Å². The third-order valence-corrected chi connectivity index (χ3v) is 2.45. The van der Waals surface area contributed by atoms with Crippen molar-refractivity contribution in [3.05, 3.63) is 35.1 Å². The first-order chi connectivity index (χ1) is 7.70. The van der Waals surface area contributed by atoms with E-state index in [2.05, 4.69) is 5.32 Å². The van der Waals surface area contributed by atoms with Crippen LogP contribution in [0, 0.1) is 17.1 Å². The molecule has 0 aliphatic carbocycles. The predicted molar refractivity (Wildman–Crippen MR) is 60.2 cm³/mol. The van der Waals surface area contributed by atoms with Crippen molar-refractivity contribution in [3.63, 3.8) is 0 Å². The van der Waals surface area contributed by atoms with Crippen LogP contribution in [-0.2, 0) is 4.74 Å². The fraction of sp³-hybridized carbons (Fsp3) is 0.273. The number of alkyl carbamates (subject to hydrolysis) is 1. The highest BCUT2D eigenvalue weighted by Crippen LogP contribution is 2.22. The van der Waals surface area contributed by atoms with Gasteiger partial charge >= 0.3 is 6.09 Å². The van der Waals surface area contributed by atoms with Crippen LogP contribution >= 0.6 is 12.4 Å². The number of carbonyl (C=O) groups is 1. The number of benzene rings is 1. The number of nitrogens with one attached hydrogen (secondary N) is 1. The topological polar surface area (TPSA) is 62.1 Å². The summed E-state index contributed by atoms with van der Waals surface area (Å²) in [5, 5.41) is 11.3. The van der Waals surface area contributed by atoms with Gasteiger partial charge in [0.2, 0.25) is 0 Å². The number of carbonyl (C=O) groups excluding carboxylic acids is 1. The second kappa shape index (κ2) is 5.51. The van der Waals surface area contributed by atoms with E-state index >= 15 is 0 Å². The van der Waals surface area contributed by atoms with Gasteiger partial charge in [0.25, 0.3) is 0 Å². The van der Waals surface area contributed by atoms with Crippen LogP contribution in [0.15, 0.2) is 18.2 Å². The summed E-state index contributed by atoms with van der Waals surface area (Å²) < 4.78 is 17.8. The van der Waals surface area contributed by atoms with E-state index in [4.69, 9.17) is 10.00 Å². The first-order valence-electron chi connectivity index (χ1n) is 4.83. The van der Waals surface area contributed by atoms with Gasteiger partial charge in [-0.05, 0) is 17.7 Å². The molecule has 1 aliphatic rings. The van der Waals surface area contributed by atoms with Gasteiger partial charge in [-0.25, -0.2) is 9.18 Å². The number of amides is 1. The molecule has 0 saturated carbocycles. The molecule has 6 heteroatoms.